The third kappa shape index (κ3) is 11.3. The monoisotopic (exact) mass is 453 g/mol. The molecule has 1 amide bonds. The van der Waals surface area contributed by atoms with Gasteiger partial charge >= 0.3 is 11.9 Å². The summed E-state index contributed by atoms with van der Waals surface area (Å²) in [6.07, 6.45) is 14.8. The molecule has 0 aliphatic carbocycles. The number of hydrogen-bond donors (Lipinski definition) is 1. The molecule has 1 unspecified atom stereocenters. The number of unbranched alkanes of at least 4 members (excludes halogenated alkanes) is 8. The molecule has 0 spiro atoms. The van der Waals surface area contributed by atoms with Gasteiger partial charge in [-0.3, -0.25) is 9.59 Å². The number of carbonyl (C=O) groups is 3. The van der Waals surface area contributed by atoms with Crippen molar-refractivity contribution >= 4 is 18.3 Å². The normalized spacial score (nSPS) is 19.7. The molecule has 186 valence electrons. The van der Waals surface area contributed by atoms with Crippen molar-refractivity contribution in [3.05, 3.63) is 0 Å². The third-order valence-corrected chi connectivity index (χ3v) is 6.29. The zero-order valence-electron chi connectivity index (χ0n) is 20.9. The van der Waals surface area contributed by atoms with Crippen LogP contribution in [0.2, 0.25) is 0 Å². The van der Waals surface area contributed by atoms with Gasteiger partial charge in [-0.1, -0.05) is 85.5 Å². The van der Waals surface area contributed by atoms with E-state index in [-0.39, 0.29) is 36.0 Å². The maximum Gasteiger partial charge on any atom is 0.328 e. The van der Waals surface area contributed by atoms with Crippen LogP contribution in [-0.2, 0) is 23.9 Å². The van der Waals surface area contributed by atoms with Gasteiger partial charge in [0.05, 0.1) is 5.92 Å². The van der Waals surface area contributed by atoms with E-state index in [0.717, 1.165) is 32.1 Å². The molecule has 1 saturated heterocycles. The van der Waals surface area contributed by atoms with Gasteiger partial charge in [-0.25, -0.2) is 4.79 Å². The molecule has 6 heteroatoms. The Hall–Kier alpha value is -1.59. The Morgan fingerprint density at radius 2 is 1.66 bits per heavy atom. The summed E-state index contributed by atoms with van der Waals surface area (Å²) in [7, 11) is 0. The van der Waals surface area contributed by atoms with Gasteiger partial charge in [0.25, 0.3) is 0 Å². The number of nitrogens with one attached hydrogen (secondary N) is 1. The van der Waals surface area contributed by atoms with Gasteiger partial charge in [-0.15, -0.1) is 0 Å². The van der Waals surface area contributed by atoms with Crippen LogP contribution in [0.1, 0.15) is 118 Å². The van der Waals surface area contributed by atoms with E-state index in [1.54, 1.807) is 0 Å². The summed E-state index contributed by atoms with van der Waals surface area (Å²) in [5.74, 6) is -0.337. The smallest absolute Gasteiger partial charge is 0.328 e. The standard InChI is InChI=1S/C26H47NO5/c1-5-7-8-9-10-11-12-13-14-16-21(18-24-22(15-6-2)25(29)32-24)31-26(30)23(27-19-28)17-20(3)4/h19-24H,5-18H2,1-4H3,(H,27,28)/t21?,22-,23-,24-/m0/s1. The minimum atomic E-state index is -0.631. The fourth-order valence-electron chi connectivity index (χ4n) is 4.42. The molecule has 0 saturated carbocycles. The summed E-state index contributed by atoms with van der Waals surface area (Å²) < 4.78 is 11.2. The van der Waals surface area contributed by atoms with Gasteiger partial charge < -0.3 is 14.8 Å². The van der Waals surface area contributed by atoms with Crippen LogP contribution in [0.15, 0.2) is 0 Å². The molecule has 1 rings (SSSR count). The van der Waals surface area contributed by atoms with Crippen molar-refractivity contribution in [2.75, 3.05) is 0 Å². The van der Waals surface area contributed by atoms with E-state index in [9.17, 15) is 14.4 Å². The summed E-state index contributed by atoms with van der Waals surface area (Å²) in [4.78, 5) is 35.5. The summed E-state index contributed by atoms with van der Waals surface area (Å²) in [6, 6.07) is -0.631. The van der Waals surface area contributed by atoms with Gasteiger partial charge in [0.1, 0.15) is 18.2 Å². The quantitative estimate of drug-likeness (QED) is 0.145. The molecule has 0 aromatic rings. The van der Waals surface area contributed by atoms with E-state index in [1.807, 2.05) is 13.8 Å². The fourth-order valence-corrected chi connectivity index (χ4v) is 4.42. The molecular weight excluding hydrogens is 406 g/mol. The highest BCUT2D eigenvalue weighted by Gasteiger charge is 2.43. The molecule has 0 radical (unpaired) electrons. The summed E-state index contributed by atoms with van der Waals surface area (Å²) in [5.41, 5.74) is 0. The van der Waals surface area contributed by atoms with Gasteiger partial charge in [-0.05, 0) is 31.6 Å². The zero-order chi connectivity index (χ0) is 23.8. The van der Waals surface area contributed by atoms with Crippen molar-refractivity contribution in [2.24, 2.45) is 11.8 Å². The van der Waals surface area contributed by atoms with Crippen LogP contribution in [0.4, 0.5) is 0 Å². The first-order valence-electron chi connectivity index (χ1n) is 13.0. The lowest BCUT2D eigenvalue weighted by molar-refractivity contribution is -0.190. The van der Waals surface area contributed by atoms with Gasteiger partial charge in [-0.2, -0.15) is 0 Å². The molecule has 1 heterocycles. The SMILES string of the molecule is CCCCCCCCCCCC(C[C@@H]1OC(=O)[C@H]1CCC)OC(=O)[C@H](CC(C)C)NC=O. The Bertz CT molecular complexity index is 536. The topological polar surface area (TPSA) is 81.7 Å². The first-order valence-corrected chi connectivity index (χ1v) is 13.0. The Labute approximate surface area is 195 Å². The van der Waals surface area contributed by atoms with Crippen LogP contribution in [0.3, 0.4) is 0 Å². The number of carbonyl (C=O) groups excluding carboxylic acids is 3. The van der Waals surface area contributed by atoms with Crippen molar-refractivity contribution < 1.29 is 23.9 Å². The second-order valence-electron chi connectivity index (χ2n) is 9.75. The second kappa shape index (κ2) is 17.0. The lowest BCUT2D eigenvalue weighted by atomic mass is 9.87. The lowest BCUT2D eigenvalue weighted by Gasteiger charge is -2.37. The highest BCUT2D eigenvalue weighted by Crippen LogP contribution is 2.32. The average Bonchev–Trinajstić information content (AvgIpc) is 2.75. The van der Waals surface area contributed by atoms with Crippen LogP contribution < -0.4 is 5.32 Å². The Morgan fingerprint density at radius 3 is 2.19 bits per heavy atom. The molecule has 0 aromatic heterocycles. The first kappa shape index (κ1) is 28.4. The molecular formula is C26H47NO5. The predicted octanol–water partition coefficient (Wildman–Crippen LogP) is 5.71. The van der Waals surface area contributed by atoms with Crippen LogP contribution >= 0.6 is 0 Å². The zero-order valence-corrected chi connectivity index (χ0v) is 20.9. The van der Waals surface area contributed by atoms with E-state index >= 15 is 0 Å². The number of hydrogen-bond acceptors (Lipinski definition) is 5. The predicted molar refractivity (Wildman–Crippen MR) is 127 cm³/mol. The van der Waals surface area contributed by atoms with E-state index < -0.39 is 6.04 Å². The highest BCUT2D eigenvalue weighted by atomic mass is 16.6. The number of esters is 2. The number of ether oxygens (including phenoxy) is 2. The van der Waals surface area contributed by atoms with E-state index in [4.69, 9.17) is 9.47 Å². The summed E-state index contributed by atoms with van der Waals surface area (Å²) in [6.45, 7) is 8.31. The molecule has 1 aliphatic heterocycles. The van der Waals surface area contributed by atoms with E-state index in [1.165, 1.54) is 44.9 Å². The molecule has 1 N–H and O–H groups in total. The minimum absolute atomic E-state index is 0.0797. The largest absolute Gasteiger partial charge is 0.461 e. The molecule has 1 aliphatic rings. The van der Waals surface area contributed by atoms with Crippen LogP contribution in [-0.4, -0.2) is 36.6 Å². The highest BCUT2D eigenvalue weighted by molar-refractivity contribution is 5.79. The van der Waals surface area contributed by atoms with Crippen LogP contribution in [0.25, 0.3) is 0 Å². The van der Waals surface area contributed by atoms with Crippen LogP contribution in [0.5, 0.6) is 0 Å². The minimum Gasteiger partial charge on any atom is -0.461 e. The molecule has 32 heavy (non-hydrogen) atoms. The van der Waals surface area contributed by atoms with E-state index in [0.29, 0.717) is 19.3 Å². The third-order valence-electron chi connectivity index (χ3n) is 6.29. The molecule has 4 atom stereocenters. The van der Waals surface area contributed by atoms with Gasteiger partial charge in [0.15, 0.2) is 0 Å². The second-order valence-corrected chi connectivity index (χ2v) is 9.75. The summed E-state index contributed by atoms with van der Waals surface area (Å²) in [5, 5.41) is 2.60. The molecule has 1 fully saturated rings. The molecule has 0 aromatic carbocycles. The maximum atomic E-state index is 12.7. The van der Waals surface area contributed by atoms with Crippen molar-refractivity contribution in [1.29, 1.82) is 0 Å². The fraction of sp³-hybridized carbons (Fsp3) is 0.885. The Kier molecular flexibility index (Phi) is 15.1. The van der Waals surface area contributed by atoms with E-state index in [2.05, 4.69) is 19.2 Å². The molecule has 0 bridgehead atoms. The van der Waals surface area contributed by atoms with Crippen molar-refractivity contribution in [2.45, 2.75) is 136 Å². The Morgan fingerprint density at radius 1 is 1.03 bits per heavy atom. The molecule has 6 nitrogen and oxygen atoms in total. The Balaban J connectivity index is 2.53. The first-order chi connectivity index (χ1) is 15.4. The van der Waals surface area contributed by atoms with Gasteiger partial charge in [0.2, 0.25) is 6.41 Å². The van der Waals surface area contributed by atoms with Gasteiger partial charge in [0, 0.05) is 6.42 Å². The number of amides is 1. The van der Waals surface area contributed by atoms with Crippen molar-refractivity contribution in [1.82, 2.24) is 5.32 Å². The maximum absolute atomic E-state index is 12.7. The summed E-state index contributed by atoms with van der Waals surface area (Å²) >= 11 is 0. The lowest BCUT2D eigenvalue weighted by Crippen LogP contribution is -2.48. The van der Waals surface area contributed by atoms with Crippen LogP contribution in [0, 0.1) is 11.8 Å². The van der Waals surface area contributed by atoms with Crippen molar-refractivity contribution in [3.63, 3.8) is 0 Å². The number of rotatable bonds is 20. The average molecular weight is 454 g/mol. The number of cyclic esters (lactones) is 1. The van der Waals surface area contributed by atoms with Crippen molar-refractivity contribution in [3.8, 4) is 0 Å².